The summed E-state index contributed by atoms with van der Waals surface area (Å²) in [5.41, 5.74) is 6.74. The van der Waals surface area contributed by atoms with Gasteiger partial charge in [0.25, 0.3) is 0 Å². The van der Waals surface area contributed by atoms with Crippen LogP contribution in [0.1, 0.15) is 38.3 Å². The predicted octanol–water partition coefficient (Wildman–Crippen LogP) is 1.87. The molecule has 0 saturated carbocycles. The van der Waals surface area contributed by atoms with E-state index < -0.39 is 0 Å². The molecule has 0 aliphatic rings. The van der Waals surface area contributed by atoms with E-state index in [1.54, 1.807) is 0 Å². The van der Waals surface area contributed by atoms with Crippen molar-refractivity contribution >= 4 is 0 Å². The average Bonchev–Trinajstić information content (AvgIpc) is 2.31. The number of aryl methyl sites for hydroxylation is 1. The highest BCUT2D eigenvalue weighted by Crippen LogP contribution is 2.11. The maximum atomic E-state index is 5.75. The van der Waals surface area contributed by atoms with E-state index >= 15 is 0 Å². The number of imidazole rings is 1. The molecule has 0 radical (unpaired) electrons. The van der Waals surface area contributed by atoms with Gasteiger partial charge in [-0.1, -0.05) is 13.8 Å². The van der Waals surface area contributed by atoms with Gasteiger partial charge in [0.05, 0.1) is 5.69 Å². The lowest BCUT2D eigenvalue weighted by Gasteiger charge is -2.06. The fraction of sp³-hybridized carbons (Fsp3) is 0.700. The fourth-order valence-corrected chi connectivity index (χ4v) is 1.33. The van der Waals surface area contributed by atoms with Crippen LogP contribution in [0.2, 0.25) is 0 Å². The van der Waals surface area contributed by atoms with Gasteiger partial charge in [0.2, 0.25) is 0 Å². The number of nitrogens with two attached hydrogens (primary N) is 1. The zero-order valence-electron chi connectivity index (χ0n) is 8.91. The van der Waals surface area contributed by atoms with Crippen molar-refractivity contribution in [2.45, 2.75) is 40.3 Å². The molecule has 0 amide bonds. The van der Waals surface area contributed by atoms with Crippen molar-refractivity contribution in [3.05, 3.63) is 17.7 Å². The molecule has 74 valence electrons. The van der Waals surface area contributed by atoms with Crippen LogP contribution in [0.3, 0.4) is 0 Å². The third-order valence-corrected chi connectivity index (χ3v) is 2.02. The van der Waals surface area contributed by atoms with Crippen molar-refractivity contribution in [1.82, 2.24) is 9.55 Å². The van der Waals surface area contributed by atoms with Crippen molar-refractivity contribution < 1.29 is 0 Å². The van der Waals surface area contributed by atoms with Crippen molar-refractivity contribution in [2.75, 3.05) is 0 Å². The Kier molecular flexibility index (Phi) is 3.09. The van der Waals surface area contributed by atoms with Gasteiger partial charge in [-0.05, 0) is 19.8 Å². The Balaban J connectivity index is 2.83. The second-order valence-corrected chi connectivity index (χ2v) is 4.05. The summed E-state index contributed by atoms with van der Waals surface area (Å²) >= 11 is 0. The van der Waals surface area contributed by atoms with Crippen LogP contribution >= 0.6 is 0 Å². The monoisotopic (exact) mass is 181 g/mol. The Morgan fingerprint density at radius 3 is 2.46 bits per heavy atom. The first-order valence-electron chi connectivity index (χ1n) is 4.80. The zero-order chi connectivity index (χ0) is 10.0. The normalized spacial score (nSPS) is 13.7. The van der Waals surface area contributed by atoms with Crippen LogP contribution < -0.4 is 5.73 Å². The van der Waals surface area contributed by atoms with Gasteiger partial charge in [0.1, 0.15) is 5.82 Å². The minimum absolute atomic E-state index is 0.0344. The first kappa shape index (κ1) is 10.3. The van der Waals surface area contributed by atoms with Gasteiger partial charge < -0.3 is 10.3 Å². The minimum atomic E-state index is 0.0344. The molecule has 0 spiro atoms. The van der Waals surface area contributed by atoms with Crippen LogP contribution in [-0.2, 0) is 6.54 Å². The van der Waals surface area contributed by atoms with Crippen LogP contribution in [0.5, 0.6) is 0 Å². The quantitative estimate of drug-likeness (QED) is 0.773. The summed E-state index contributed by atoms with van der Waals surface area (Å²) in [4.78, 5) is 4.40. The fourth-order valence-electron chi connectivity index (χ4n) is 1.33. The van der Waals surface area contributed by atoms with Gasteiger partial charge in [-0.25, -0.2) is 4.98 Å². The molecule has 3 nitrogen and oxygen atoms in total. The molecule has 0 saturated heterocycles. The van der Waals surface area contributed by atoms with Crippen molar-refractivity contribution in [2.24, 2.45) is 11.7 Å². The van der Waals surface area contributed by atoms with Gasteiger partial charge in [-0.2, -0.15) is 0 Å². The number of hydrogen-bond donors (Lipinski definition) is 1. The van der Waals surface area contributed by atoms with Crippen LogP contribution in [0.15, 0.2) is 6.20 Å². The Morgan fingerprint density at radius 1 is 1.46 bits per heavy atom. The zero-order valence-corrected chi connectivity index (χ0v) is 8.91. The van der Waals surface area contributed by atoms with Gasteiger partial charge >= 0.3 is 0 Å². The van der Waals surface area contributed by atoms with E-state index in [0.717, 1.165) is 18.1 Å². The predicted molar refractivity (Wildman–Crippen MR) is 54.4 cm³/mol. The number of rotatable bonds is 3. The Labute approximate surface area is 80.0 Å². The van der Waals surface area contributed by atoms with Crippen LogP contribution in [0.25, 0.3) is 0 Å². The van der Waals surface area contributed by atoms with Crippen LogP contribution in [0.4, 0.5) is 0 Å². The Hall–Kier alpha value is -0.830. The van der Waals surface area contributed by atoms with E-state index in [4.69, 9.17) is 5.73 Å². The Bertz CT molecular complexity index is 274. The van der Waals surface area contributed by atoms with Crippen LogP contribution in [0, 0.1) is 12.8 Å². The summed E-state index contributed by atoms with van der Waals surface area (Å²) in [6, 6.07) is 0.0344. The third kappa shape index (κ3) is 2.56. The van der Waals surface area contributed by atoms with E-state index in [-0.39, 0.29) is 6.04 Å². The molecule has 0 aliphatic carbocycles. The third-order valence-electron chi connectivity index (χ3n) is 2.02. The average molecular weight is 181 g/mol. The molecule has 1 unspecified atom stereocenters. The summed E-state index contributed by atoms with van der Waals surface area (Å²) in [5.74, 6) is 1.70. The lowest BCUT2D eigenvalue weighted by molar-refractivity contribution is 0.513. The molecule has 0 aliphatic heterocycles. The van der Waals surface area contributed by atoms with Crippen molar-refractivity contribution in [3.8, 4) is 0 Å². The topological polar surface area (TPSA) is 43.8 Å². The molecule has 0 fully saturated rings. The second-order valence-electron chi connectivity index (χ2n) is 4.05. The summed E-state index contributed by atoms with van der Waals surface area (Å²) in [7, 11) is 0. The molecule has 1 heterocycles. The summed E-state index contributed by atoms with van der Waals surface area (Å²) in [6.45, 7) is 9.40. The van der Waals surface area contributed by atoms with E-state index in [1.807, 2.05) is 13.8 Å². The molecular formula is C10H19N3. The molecule has 1 atom stereocenters. The van der Waals surface area contributed by atoms with E-state index in [1.165, 1.54) is 0 Å². The molecule has 1 rings (SSSR count). The van der Waals surface area contributed by atoms with Gasteiger partial charge in [-0.3, -0.25) is 0 Å². The number of aromatic nitrogens is 2. The van der Waals surface area contributed by atoms with Crippen molar-refractivity contribution in [3.63, 3.8) is 0 Å². The van der Waals surface area contributed by atoms with Gasteiger partial charge in [0.15, 0.2) is 0 Å². The molecule has 0 bridgehead atoms. The molecule has 3 heteroatoms. The molecule has 0 aromatic carbocycles. The summed E-state index contributed by atoms with van der Waals surface area (Å²) in [5, 5.41) is 0. The first-order chi connectivity index (χ1) is 6.00. The highest BCUT2D eigenvalue weighted by molar-refractivity contribution is 5.06. The highest BCUT2D eigenvalue weighted by Gasteiger charge is 2.07. The highest BCUT2D eigenvalue weighted by atomic mass is 15.1. The minimum Gasteiger partial charge on any atom is -0.335 e. The van der Waals surface area contributed by atoms with E-state index in [0.29, 0.717) is 5.92 Å². The molecule has 13 heavy (non-hydrogen) atoms. The van der Waals surface area contributed by atoms with Crippen LogP contribution in [-0.4, -0.2) is 9.55 Å². The second kappa shape index (κ2) is 3.92. The lowest BCUT2D eigenvalue weighted by Crippen LogP contribution is -2.06. The summed E-state index contributed by atoms with van der Waals surface area (Å²) in [6.07, 6.45) is 2.06. The maximum absolute atomic E-state index is 5.75. The molecule has 1 aromatic heterocycles. The molecule has 2 N–H and O–H groups in total. The molecular weight excluding hydrogens is 162 g/mol. The molecule has 1 aromatic rings. The SMILES string of the molecule is Cc1nc(C(C)N)cn1CC(C)C. The first-order valence-corrected chi connectivity index (χ1v) is 4.80. The van der Waals surface area contributed by atoms with Crippen molar-refractivity contribution in [1.29, 1.82) is 0 Å². The van der Waals surface area contributed by atoms with Gasteiger partial charge in [0, 0.05) is 18.8 Å². The largest absolute Gasteiger partial charge is 0.335 e. The lowest BCUT2D eigenvalue weighted by atomic mass is 10.2. The van der Waals surface area contributed by atoms with Gasteiger partial charge in [-0.15, -0.1) is 0 Å². The van der Waals surface area contributed by atoms with E-state index in [9.17, 15) is 0 Å². The number of nitrogens with zero attached hydrogens (tertiary/aromatic N) is 2. The Morgan fingerprint density at radius 2 is 2.08 bits per heavy atom. The standard InChI is InChI=1S/C10H19N3/c1-7(2)5-13-6-10(8(3)11)12-9(13)4/h6-8H,5,11H2,1-4H3. The summed E-state index contributed by atoms with van der Waals surface area (Å²) < 4.78 is 2.17. The van der Waals surface area contributed by atoms with E-state index in [2.05, 4.69) is 29.6 Å². The number of hydrogen-bond acceptors (Lipinski definition) is 2. The smallest absolute Gasteiger partial charge is 0.105 e. The maximum Gasteiger partial charge on any atom is 0.105 e.